The van der Waals surface area contributed by atoms with Gasteiger partial charge in [-0.25, -0.2) is 9.98 Å². The highest BCUT2D eigenvalue weighted by molar-refractivity contribution is 6.17. The van der Waals surface area contributed by atoms with E-state index in [-0.39, 0.29) is 6.17 Å². The minimum absolute atomic E-state index is 0.314. The Kier molecular flexibility index (Phi) is 6.81. The number of nitrogens with one attached hydrogen (secondary N) is 1. The van der Waals surface area contributed by atoms with Crippen LogP contribution in [0, 0.1) is 0 Å². The molecule has 1 aliphatic heterocycles. The van der Waals surface area contributed by atoms with E-state index >= 15 is 0 Å². The van der Waals surface area contributed by atoms with Gasteiger partial charge in [-0.15, -0.1) is 0 Å². The maximum atomic E-state index is 6.52. The number of para-hydroxylation sites is 1. The van der Waals surface area contributed by atoms with Crippen molar-refractivity contribution in [2.75, 3.05) is 0 Å². The van der Waals surface area contributed by atoms with E-state index in [0.29, 0.717) is 5.84 Å². The molecule has 10 rings (SSSR count). The molecule has 0 radical (unpaired) electrons. The van der Waals surface area contributed by atoms with Crippen LogP contribution in [-0.2, 0) is 0 Å². The smallest absolute Gasteiger partial charge is 0.161 e. The van der Waals surface area contributed by atoms with Gasteiger partial charge in [0.15, 0.2) is 11.4 Å². The maximum absolute atomic E-state index is 6.52. The van der Waals surface area contributed by atoms with Gasteiger partial charge in [0.25, 0.3) is 0 Å². The minimum atomic E-state index is -0.314. The number of hydrogen-bond acceptors (Lipinski definition) is 5. The zero-order valence-corrected chi connectivity index (χ0v) is 27.5. The fraction of sp³-hybridized carbons (Fsp3) is 0.0217. The third-order valence-electron chi connectivity index (χ3n) is 9.75. The van der Waals surface area contributed by atoms with E-state index in [1.54, 1.807) is 0 Å². The van der Waals surface area contributed by atoms with Crippen LogP contribution in [0.1, 0.15) is 22.9 Å². The molecule has 0 saturated carbocycles. The van der Waals surface area contributed by atoms with Gasteiger partial charge >= 0.3 is 0 Å². The molecule has 0 bridgehead atoms. The van der Waals surface area contributed by atoms with Gasteiger partial charge in [0, 0.05) is 28.3 Å². The topological polar surface area (TPSA) is 62.8 Å². The van der Waals surface area contributed by atoms with Crippen molar-refractivity contribution in [2.24, 2.45) is 9.98 Å². The van der Waals surface area contributed by atoms with E-state index in [1.807, 2.05) is 66.9 Å². The van der Waals surface area contributed by atoms with Crippen LogP contribution >= 0.6 is 0 Å². The molecule has 0 amide bonds. The Morgan fingerprint density at radius 3 is 1.98 bits per heavy atom. The molecule has 5 heteroatoms. The summed E-state index contributed by atoms with van der Waals surface area (Å²) >= 11 is 0. The van der Waals surface area contributed by atoms with Gasteiger partial charge < -0.3 is 9.73 Å². The van der Waals surface area contributed by atoms with Crippen LogP contribution < -0.4 is 5.32 Å². The quantitative estimate of drug-likeness (QED) is 0.188. The van der Waals surface area contributed by atoms with E-state index in [1.165, 1.54) is 21.5 Å². The Balaban J connectivity index is 1.25. The molecule has 0 saturated heterocycles. The Bertz CT molecular complexity index is 2840. The highest BCUT2D eigenvalue weighted by Crippen LogP contribution is 2.40. The van der Waals surface area contributed by atoms with E-state index < -0.39 is 0 Å². The van der Waals surface area contributed by atoms with Gasteiger partial charge in [-0.2, -0.15) is 0 Å². The summed E-state index contributed by atoms with van der Waals surface area (Å²) in [7, 11) is 0. The number of amidine groups is 2. The molecule has 7 aromatic carbocycles. The number of rotatable bonds is 5. The Hall–Kier alpha value is -6.85. The summed E-state index contributed by atoms with van der Waals surface area (Å²) in [6, 6.07) is 56.9. The van der Waals surface area contributed by atoms with Crippen LogP contribution in [0.2, 0.25) is 0 Å². The lowest BCUT2D eigenvalue weighted by Crippen LogP contribution is -2.33. The van der Waals surface area contributed by atoms with Gasteiger partial charge in [-0.05, 0) is 86.3 Å². The summed E-state index contributed by atoms with van der Waals surface area (Å²) in [4.78, 5) is 15.2. The monoisotopic (exact) mass is 654 g/mol. The van der Waals surface area contributed by atoms with E-state index in [2.05, 4.69) is 108 Å². The highest BCUT2D eigenvalue weighted by atomic mass is 16.3. The van der Waals surface area contributed by atoms with Gasteiger partial charge in [-0.3, -0.25) is 4.98 Å². The summed E-state index contributed by atoms with van der Waals surface area (Å²) in [5.41, 5.74) is 9.57. The molecule has 51 heavy (non-hydrogen) atoms. The van der Waals surface area contributed by atoms with Crippen LogP contribution in [-0.4, -0.2) is 16.7 Å². The summed E-state index contributed by atoms with van der Waals surface area (Å²) < 4.78 is 6.52. The number of pyridine rings is 1. The molecular formula is C46H30N4O. The van der Waals surface area contributed by atoms with Gasteiger partial charge in [0.1, 0.15) is 23.1 Å². The number of fused-ring (bicyclic) bond motifs is 6. The predicted octanol–water partition coefficient (Wildman–Crippen LogP) is 11.1. The predicted molar refractivity (Wildman–Crippen MR) is 209 cm³/mol. The zero-order valence-electron chi connectivity index (χ0n) is 27.5. The van der Waals surface area contributed by atoms with E-state index in [4.69, 9.17) is 19.4 Å². The van der Waals surface area contributed by atoms with Crippen molar-refractivity contribution in [1.29, 1.82) is 0 Å². The van der Waals surface area contributed by atoms with Crippen LogP contribution in [0.15, 0.2) is 184 Å². The Morgan fingerprint density at radius 2 is 1.16 bits per heavy atom. The van der Waals surface area contributed by atoms with Crippen molar-refractivity contribution in [3.8, 4) is 22.3 Å². The molecule has 2 aromatic heterocycles. The molecule has 1 N–H and O–H groups in total. The third kappa shape index (κ3) is 5.06. The number of nitrogens with zero attached hydrogens (tertiary/aromatic N) is 3. The fourth-order valence-electron chi connectivity index (χ4n) is 7.32. The molecule has 1 unspecified atom stereocenters. The van der Waals surface area contributed by atoms with E-state index in [9.17, 15) is 0 Å². The van der Waals surface area contributed by atoms with Crippen molar-refractivity contribution in [3.05, 3.63) is 187 Å². The first kappa shape index (κ1) is 29.1. The second-order valence-corrected chi connectivity index (χ2v) is 12.9. The minimum Gasteiger partial charge on any atom is -0.454 e. The first-order chi connectivity index (χ1) is 25.3. The van der Waals surface area contributed by atoms with Crippen molar-refractivity contribution in [2.45, 2.75) is 6.17 Å². The lowest BCUT2D eigenvalue weighted by atomic mass is 9.90. The largest absolute Gasteiger partial charge is 0.454 e. The van der Waals surface area contributed by atoms with Crippen molar-refractivity contribution >= 4 is 55.3 Å². The first-order valence-electron chi connectivity index (χ1n) is 17.1. The third-order valence-corrected chi connectivity index (χ3v) is 9.75. The molecule has 9 aromatic rings. The molecule has 240 valence electrons. The van der Waals surface area contributed by atoms with Crippen LogP contribution in [0.3, 0.4) is 0 Å². The average Bonchev–Trinajstić information content (AvgIpc) is 3.60. The second kappa shape index (κ2) is 11.9. The molecule has 3 heterocycles. The SMILES string of the molecule is c1ccc(C2=NC(c3cc(-c4cc5ccccc5c5ccccc45)cc(-c4ccnc5c4oc4ccccc45)c3)=NC(c3ccccc3)N2)cc1. The number of aromatic nitrogens is 1. The first-order valence-corrected chi connectivity index (χ1v) is 17.1. The van der Waals surface area contributed by atoms with Gasteiger partial charge in [-0.1, -0.05) is 121 Å². The lowest BCUT2D eigenvalue weighted by molar-refractivity contribution is 0.669. The van der Waals surface area contributed by atoms with Crippen molar-refractivity contribution < 1.29 is 4.42 Å². The van der Waals surface area contributed by atoms with Crippen molar-refractivity contribution in [1.82, 2.24) is 10.3 Å². The zero-order chi connectivity index (χ0) is 33.7. The normalized spacial score (nSPS) is 14.5. The molecule has 1 aliphatic rings. The fourth-order valence-corrected chi connectivity index (χ4v) is 7.32. The molecular weight excluding hydrogens is 625 g/mol. The van der Waals surface area contributed by atoms with Crippen LogP contribution in [0.25, 0.3) is 65.9 Å². The number of benzene rings is 7. The average molecular weight is 655 g/mol. The molecule has 0 aliphatic carbocycles. The highest BCUT2D eigenvalue weighted by Gasteiger charge is 2.23. The van der Waals surface area contributed by atoms with Gasteiger partial charge in [0.05, 0.1) is 0 Å². The standard InChI is InChI=1S/C46H30N4O/c1-3-13-29(14-4-1)44-48-45(30-15-5-2-6-16-30)50-46(49-44)34-26-32(36-23-24-47-42-39-21-11-12-22-41(39)51-43(36)42)25-33(27-34)40-28-31-17-7-8-18-35(31)37-19-9-10-20-38(37)40/h1-28,44H,(H,48,49,50). The Morgan fingerprint density at radius 1 is 0.510 bits per heavy atom. The lowest BCUT2D eigenvalue weighted by Gasteiger charge is -2.24. The summed E-state index contributed by atoms with van der Waals surface area (Å²) in [6.45, 7) is 0. The summed E-state index contributed by atoms with van der Waals surface area (Å²) in [5, 5.41) is 9.42. The molecule has 0 fully saturated rings. The number of furan rings is 1. The second-order valence-electron chi connectivity index (χ2n) is 12.9. The summed E-state index contributed by atoms with van der Waals surface area (Å²) in [5.74, 6) is 1.44. The van der Waals surface area contributed by atoms with Crippen LogP contribution in [0.5, 0.6) is 0 Å². The maximum Gasteiger partial charge on any atom is 0.161 e. The van der Waals surface area contributed by atoms with Crippen molar-refractivity contribution in [3.63, 3.8) is 0 Å². The van der Waals surface area contributed by atoms with E-state index in [0.717, 1.165) is 66.8 Å². The molecule has 0 spiro atoms. The van der Waals surface area contributed by atoms with Gasteiger partial charge in [0.2, 0.25) is 0 Å². The van der Waals surface area contributed by atoms with Crippen LogP contribution in [0.4, 0.5) is 0 Å². The Labute approximate surface area is 294 Å². The number of aliphatic imine (C=N–C) groups is 2. The summed E-state index contributed by atoms with van der Waals surface area (Å²) in [6.07, 6.45) is 1.56. The molecule has 5 nitrogen and oxygen atoms in total. The molecule has 1 atom stereocenters. The number of hydrogen-bond donors (Lipinski definition) is 1.